The quantitative estimate of drug-likeness (QED) is 0.539. The van der Waals surface area contributed by atoms with Crippen LogP contribution in [-0.2, 0) is 14.9 Å². The molecule has 3 unspecified atom stereocenters. The van der Waals surface area contributed by atoms with Crippen LogP contribution in [0.25, 0.3) is 0 Å². The van der Waals surface area contributed by atoms with Crippen LogP contribution in [0.1, 0.15) is 31.9 Å². The second kappa shape index (κ2) is 8.30. The van der Waals surface area contributed by atoms with E-state index in [0.717, 1.165) is 12.4 Å². The Balaban J connectivity index is 1.68. The fourth-order valence-corrected chi connectivity index (χ4v) is 2.92. The number of aliphatic hydroxyl groups is 1. The molecule has 1 heterocycles. The normalized spacial score (nSPS) is 18.6. The zero-order valence-electron chi connectivity index (χ0n) is 16.3. The van der Waals surface area contributed by atoms with Crippen LogP contribution >= 0.6 is 0 Å². The van der Waals surface area contributed by atoms with Crippen molar-refractivity contribution < 1.29 is 24.1 Å². The molecule has 3 rings (SSSR count). The minimum atomic E-state index is -0.710. The lowest BCUT2D eigenvalue weighted by Crippen LogP contribution is -2.31. The lowest BCUT2D eigenvalue weighted by molar-refractivity contribution is -0.120. The van der Waals surface area contributed by atoms with Crippen LogP contribution in [0.5, 0.6) is 11.5 Å². The Morgan fingerprint density at radius 3 is 2.00 bits per heavy atom. The lowest BCUT2D eigenvalue weighted by Gasteiger charge is -2.27. The van der Waals surface area contributed by atoms with E-state index in [1.54, 1.807) is 6.92 Å². The number of benzene rings is 2. The van der Waals surface area contributed by atoms with Crippen LogP contribution in [0, 0.1) is 0 Å². The van der Waals surface area contributed by atoms with Crippen LogP contribution in [0.4, 0.5) is 0 Å². The van der Waals surface area contributed by atoms with Crippen molar-refractivity contribution in [3.05, 3.63) is 59.7 Å². The van der Waals surface area contributed by atoms with Gasteiger partial charge < -0.3 is 24.1 Å². The number of hydrogen-bond acceptors (Lipinski definition) is 5. The predicted octanol–water partition coefficient (Wildman–Crippen LogP) is 3.52. The predicted molar refractivity (Wildman–Crippen MR) is 103 cm³/mol. The molecule has 0 aromatic heterocycles. The summed E-state index contributed by atoms with van der Waals surface area (Å²) in [6, 6.07) is 16.1. The molecule has 1 fully saturated rings. The van der Waals surface area contributed by atoms with Gasteiger partial charge in [0.05, 0.1) is 6.61 Å². The molecular formula is C22H28O5. The van der Waals surface area contributed by atoms with Gasteiger partial charge in [-0.2, -0.15) is 0 Å². The van der Waals surface area contributed by atoms with Crippen molar-refractivity contribution in [3.63, 3.8) is 0 Å². The van der Waals surface area contributed by atoms with Crippen molar-refractivity contribution in [3.8, 4) is 11.5 Å². The number of aliphatic hydroxyl groups excluding tert-OH is 1. The fourth-order valence-electron chi connectivity index (χ4n) is 2.92. The number of methoxy groups -OCH3 is 1. The second-order valence-corrected chi connectivity index (χ2v) is 7.40. The standard InChI is InChI=1S/C22H28O5/c1-15(23)21(24-4)27-19-11-7-17(8-12-19)22(2,3)16-5-9-18(10-6-16)25-13-20-14-26-20/h5-12,15,20-21,23H,13-14H2,1-4H3. The summed E-state index contributed by atoms with van der Waals surface area (Å²) in [5, 5.41) is 9.63. The van der Waals surface area contributed by atoms with E-state index in [-0.39, 0.29) is 11.5 Å². The molecule has 0 amide bonds. The number of hydrogen-bond donors (Lipinski definition) is 1. The summed E-state index contributed by atoms with van der Waals surface area (Å²) >= 11 is 0. The van der Waals surface area contributed by atoms with Gasteiger partial charge in [0, 0.05) is 12.5 Å². The fraction of sp³-hybridized carbons (Fsp3) is 0.455. The van der Waals surface area contributed by atoms with Crippen LogP contribution in [0.2, 0.25) is 0 Å². The van der Waals surface area contributed by atoms with Gasteiger partial charge in [-0.05, 0) is 42.3 Å². The maximum Gasteiger partial charge on any atom is 0.225 e. The first-order valence-electron chi connectivity index (χ1n) is 9.23. The van der Waals surface area contributed by atoms with E-state index in [1.165, 1.54) is 18.2 Å². The SMILES string of the molecule is COC(Oc1ccc(C(C)(C)c2ccc(OCC3CO3)cc2)cc1)C(C)O. The molecule has 2 aromatic rings. The third-order valence-electron chi connectivity index (χ3n) is 4.87. The molecule has 0 spiro atoms. The Labute approximate surface area is 160 Å². The Morgan fingerprint density at radius 2 is 1.56 bits per heavy atom. The largest absolute Gasteiger partial charge is 0.491 e. The molecular weight excluding hydrogens is 344 g/mol. The first-order chi connectivity index (χ1) is 12.9. The molecule has 0 bridgehead atoms. The van der Waals surface area contributed by atoms with Crippen molar-refractivity contribution in [1.29, 1.82) is 0 Å². The maximum atomic E-state index is 9.63. The number of epoxide rings is 1. The Hall–Kier alpha value is -2.08. The van der Waals surface area contributed by atoms with E-state index in [2.05, 4.69) is 26.0 Å². The molecule has 5 heteroatoms. The molecule has 5 nitrogen and oxygen atoms in total. The van der Waals surface area contributed by atoms with E-state index >= 15 is 0 Å². The molecule has 0 saturated carbocycles. The Kier molecular flexibility index (Phi) is 6.05. The van der Waals surface area contributed by atoms with E-state index in [9.17, 15) is 5.11 Å². The van der Waals surface area contributed by atoms with Crippen molar-refractivity contribution in [1.82, 2.24) is 0 Å². The van der Waals surface area contributed by atoms with Crippen molar-refractivity contribution in [2.75, 3.05) is 20.3 Å². The number of rotatable bonds is 9. The third-order valence-corrected chi connectivity index (χ3v) is 4.87. The van der Waals surface area contributed by atoms with Crippen LogP contribution in [0.3, 0.4) is 0 Å². The molecule has 0 aliphatic carbocycles. The van der Waals surface area contributed by atoms with E-state index in [1.807, 2.05) is 36.4 Å². The summed E-state index contributed by atoms with van der Waals surface area (Å²) in [5.41, 5.74) is 2.20. The zero-order valence-corrected chi connectivity index (χ0v) is 16.3. The summed E-state index contributed by atoms with van der Waals surface area (Å²) in [5.74, 6) is 1.52. The average Bonchev–Trinajstić information content (AvgIpc) is 3.49. The monoisotopic (exact) mass is 372 g/mol. The highest BCUT2D eigenvalue weighted by Crippen LogP contribution is 2.33. The molecule has 3 atom stereocenters. The smallest absolute Gasteiger partial charge is 0.225 e. The lowest BCUT2D eigenvalue weighted by atomic mass is 9.78. The van der Waals surface area contributed by atoms with Gasteiger partial charge in [0.15, 0.2) is 0 Å². The maximum absolute atomic E-state index is 9.63. The summed E-state index contributed by atoms with van der Waals surface area (Å²) in [6.45, 7) is 7.41. The van der Waals surface area contributed by atoms with Gasteiger partial charge in [0.25, 0.3) is 0 Å². The first-order valence-corrected chi connectivity index (χ1v) is 9.23. The minimum Gasteiger partial charge on any atom is -0.491 e. The van der Waals surface area contributed by atoms with Crippen LogP contribution in [0.15, 0.2) is 48.5 Å². The molecule has 1 aliphatic rings. The van der Waals surface area contributed by atoms with Gasteiger partial charge in [-0.3, -0.25) is 0 Å². The number of ether oxygens (including phenoxy) is 4. The highest BCUT2D eigenvalue weighted by Gasteiger charge is 2.25. The van der Waals surface area contributed by atoms with E-state index in [4.69, 9.17) is 18.9 Å². The molecule has 2 aromatic carbocycles. The average molecular weight is 372 g/mol. The van der Waals surface area contributed by atoms with E-state index in [0.29, 0.717) is 12.4 Å². The summed E-state index contributed by atoms with van der Waals surface area (Å²) in [4.78, 5) is 0. The topological polar surface area (TPSA) is 60.5 Å². The van der Waals surface area contributed by atoms with Crippen molar-refractivity contribution >= 4 is 0 Å². The second-order valence-electron chi connectivity index (χ2n) is 7.40. The highest BCUT2D eigenvalue weighted by atomic mass is 16.7. The molecule has 1 aliphatic heterocycles. The Morgan fingerprint density at radius 1 is 1.04 bits per heavy atom. The molecule has 1 saturated heterocycles. The third kappa shape index (κ3) is 5.01. The highest BCUT2D eigenvalue weighted by molar-refractivity contribution is 5.41. The molecule has 0 radical (unpaired) electrons. The summed E-state index contributed by atoms with van der Waals surface area (Å²) in [6.07, 6.45) is -1.14. The van der Waals surface area contributed by atoms with Crippen molar-refractivity contribution in [2.45, 2.75) is 44.7 Å². The minimum absolute atomic E-state index is 0.165. The van der Waals surface area contributed by atoms with Crippen molar-refractivity contribution in [2.24, 2.45) is 0 Å². The van der Waals surface area contributed by atoms with E-state index < -0.39 is 12.4 Å². The molecule has 27 heavy (non-hydrogen) atoms. The van der Waals surface area contributed by atoms with Gasteiger partial charge in [0.1, 0.15) is 30.3 Å². The molecule has 146 valence electrons. The van der Waals surface area contributed by atoms with Gasteiger partial charge >= 0.3 is 0 Å². The molecule has 1 N–H and O–H groups in total. The van der Waals surface area contributed by atoms with Gasteiger partial charge in [-0.15, -0.1) is 0 Å². The Bertz CT molecular complexity index is 717. The first kappa shape index (κ1) is 19.7. The van der Waals surface area contributed by atoms with Gasteiger partial charge in [-0.1, -0.05) is 38.1 Å². The summed E-state index contributed by atoms with van der Waals surface area (Å²) < 4.78 is 21.7. The van der Waals surface area contributed by atoms with Gasteiger partial charge in [-0.25, -0.2) is 0 Å². The van der Waals surface area contributed by atoms with Gasteiger partial charge in [0.2, 0.25) is 6.29 Å². The zero-order chi connectivity index (χ0) is 19.4. The van der Waals surface area contributed by atoms with Crippen LogP contribution < -0.4 is 9.47 Å². The summed E-state index contributed by atoms with van der Waals surface area (Å²) in [7, 11) is 1.51. The van der Waals surface area contributed by atoms with Crippen LogP contribution in [-0.4, -0.2) is 43.9 Å².